The number of carbonyl (C=O) groups excluding carboxylic acids is 1. The van der Waals surface area contributed by atoms with E-state index in [1.807, 2.05) is 13.8 Å². The van der Waals surface area contributed by atoms with E-state index in [-0.39, 0.29) is 23.8 Å². The third-order valence-electron chi connectivity index (χ3n) is 4.90. The molecule has 1 aromatic carbocycles. The standard InChI is InChI=1S/C21H28Cl2N4O3/c1-3-5-7-12-26(17(28)13-14-15(22)9-8-10-16(14)23)18-19(24)27(11-6-4-2)21(30)25-20(18)29/h8-10H,3-7,11-13,24H2,1-2H3,(H,25,29,30). The van der Waals surface area contributed by atoms with Crippen LogP contribution in [0.25, 0.3) is 0 Å². The maximum Gasteiger partial charge on any atom is 0.330 e. The van der Waals surface area contributed by atoms with Crippen molar-refractivity contribution in [2.45, 2.75) is 58.9 Å². The first-order chi connectivity index (χ1) is 14.3. The van der Waals surface area contributed by atoms with Crippen LogP contribution in [0.3, 0.4) is 0 Å². The molecule has 3 N–H and O–H groups in total. The summed E-state index contributed by atoms with van der Waals surface area (Å²) in [6.45, 7) is 4.69. The van der Waals surface area contributed by atoms with Gasteiger partial charge in [-0.15, -0.1) is 0 Å². The summed E-state index contributed by atoms with van der Waals surface area (Å²) < 4.78 is 1.31. The van der Waals surface area contributed by atoms with Gasteiger partial charge in [-0.2, -0.15) is 0 Å². The normalized spacial score (nSPS) is 10.9. The molecule has 30 heavy (non-hydrogen) atoms. The quantitative estimate of drug-likeness (QED) is 0.529. The summed E-state index contributed by atoms with van der Waals surface area (Å²) in [4.78, 5) is 41.8. The largest absolute Gasteiger partial charge is 0.383 e. The average Bonchev–Trinajstić information content (AvgIpc) is 2.69. The zero-order valence-electron chi connectivity index (χ0n) is 17.3. The fourth-order valence-corrected chi connectivity index (χ4v) is 3.74. The second-order valence-corrected chi connectivity index (χ2v) is 7.94. The van der Waals surface area contributed by atoms with Crippen LogP contribution in [-0.4, -0.2) is 22.0 Å². The molecule has 2 rings (SSSR count). The van der Waals surface area contributed by atoms with Crippen molar-refractivity contribution in [3.05, 3.63) is 54.6 Å². The molecule has 0 fully saturated rings. The number of amides is 1. The summed E-state index contributed by atoms with van der Waals surface area (Å²) in [5, 5.41) is 0.748. The molecule has 0 aliphatic rings. The van der Waals surface area contributed by atoms with Crippen molar-refractivity contribution >= 4 is 40.6 Å². The third kappa shape index (κ3) is 5.67. The number of hydrogen-bond donors (Lipinski definition) is 2. The molecule has 0 unspecified atom stereocenters. The van der Waals surface area contributed by atoms with Crippen LogP contribution in [0.2, 0.25) is 10.0 Å². The highest BCUT2D eigenvalue weighted by atomic mass is 35.5. The Balaban J connectivity index is 2.49. The molecule has 0 spiro atoms. The maximum atomic E-state index is 13.2. The molecule has 0 saturated carbocycles. The van der Waals surface area contributed by atoms with Gasteiger partial charge in [0.2, 0.25) is 5.91 Å². The molecule has 0 aliphatic carbocycles. The molecule has 0 atom stereocenters. The molecule has 9 heteroatoms. The fraction of sp³-hybridized carbons (Fsp3) is 0.476. The Bertz CT molecular complexity index is 980. The van der Waals surface area contributed by atoms with Gasteiger partial charge < -0.3 is 10.6 Å². The van der Waals surface area contributed by atoms with Gasteiger partial charge in [0.15, 0.2) is 5.69 Å². The minimum atomic E-state index is -0.680. The first-order valence-corrected chi connectivity index (χ1v) is 10.9. The van der Waals surface area contributed by atoms with E-state index >= 15 is 0 Å². The van der Waals surface area contributed by atoms with E-state index in [4.69, 9.17) is 28.9 Å². The number of unbranched alkanes of at least 4 members (excludes halogenated alkanes) is 3. The summed E-state index contributed by atoms with van der Waals surface area (Å²) in [5.41, 5.74) is 5.44. The van der Waals surface area contributed by atoms with E-state index in [0.717, 1.165) is 19.3 Å². The van der Waals surface area contributed by atoms with Gasteiger partial charge >= 0.3 is 5.69 Å². The minimum absolute atomic E-state index is 0.00465. The summed E-state index contributed by atoms with van der Waals surface area (Å²) in [5.74, 6) is -0.369. The number of rotatable bonds is 10. The molecule has 0 radical (unpaired) electrons. The number of carbonyl (C=O) groups is 1. The summed E-state index contributed by atoms with van der Waals surface area (Å²) >= 11 is 12.4. The molecule has 7 nitrogen and oxygen atoms in total. The number of nitrogen functional groups attached to an aromatic ring is 1. The van der Waals surface area contributed by atoms with E-state index in [1.54, 1.807) is 18.2 Å². The smallest absolute Gasteiger partial charge is 0.330 e. The highest BCUT2D eigenvalue weighted by molar-refractivity contribution is 6.36. The van der Waals surface area contributed by atoms with Crippen molar-refractivity contribution in [2.24, 2.45) is 0 Å². The zero-order valence-corrected chi connectivity index (χ0v) is 18.9. The second-order valence-electron chi connectivity index (χ2n) is 7.13. The lowest BCUT2D eigenvalue weighted by molar-refractivity contribution is -0.118. The predicted molar refractivity (Wildman–Crippen MR) is 123 cm³/mol. The number of benzene rings is 1. The Morgan fingerprint density at radius 1 is 1.10 bits per heavy atom. The number of nitrogens with two attached hydrogens (primary N) is 1. The molecule has 2 aromatic rings. The van der Waals surface area contributed by atoms with Gasteiger partial charge in [0.25, 0.3) is 5.56 Å². The average molecular weight is 455 g/mol. The van der Waals surface area contributed by atoms with Crippen LogP contribution >= 0.6 is 23.2 Å². The fourth-order valence-electron chi connectivity index (χ4n) is 3.21. The summed E-state index contributed by atoms with van der Waals surface area (Å²) in [6.07, 6.45) is 3.99. The highest BCUT2D eigenvalue weighted by Gasteiger charge is 2.25. The van der Waals surface area contributed by atoms with Gasteiger partial charge in [-0.25, -0.2) is 4.79 Å². The Kier molecular flexibility index (Phi) is 8.99. The number of hydrogen-bond acceptors (Lipinski definition) is 4. The van der Waals surface area contributed by atoms with Crippen molar-refractivity contribution < 1.29 is 4.79 Å². The lowest BCUT2D eigenvalue weighted by atomic mass is 10.1. The van der Waals surface area contributed by atoms with Gasteiger partial charge in [-0.1, -0.05) is 62.4 Å². The number of anilines is 2. The van der Waals surface area contributed by atoms with Crippen LogP contribution in [0.15, 0.2) is 27.8 Å². The molecular weight excluding hydrogens is 427 g/mol. The number of halogens is 2. The Hall–Kier alpha value is -2.25. The molecule has 1 amide bonds. The van der Waals surface area contributed by atoms with Crippen LogP contribution in [0.4, 0.5) is 11.5 Å². The maximum absolute atomic E-state index is 13.2. The Morgan fingerprint density at radius 3 is 2.33 bits per heavy atom. The van der Waals surface area contributed by atoms with E-state index in [2.05, 4.69) is 4.98 Å². The highest BCUT2D eigenvalue weighted by Crippen LogP contribution is 2.27. The van der Waals surface area contributed by atoms with E-state index < -0.39 is 11.2 Å². The van der Waals surface area contributed by atoms with E-state index in [0.29, 0.717) is 41.5 Å². The van der Waals surface area contributed by atoms with Crippen LogP contribution in [-0.2, 0) is 17.8 Å². The molecule has 164 valence electrons. The van der Waals surface area contributed by atoms with Gasteiger partial charge in [0.05, 0.1) is 6.42 Å². The molecular formula is C21H28Cl2N4O3. The Morgan fingerprint density at radius 2 is 1.73 bits per heavy atom. The van der Waals surface area contributed by atoms with Crippen LogP contribution < -0.4 is 21.9 Å². The van der Waals surface area contributed by atoms with Gasteiger partial charge in [0, 0.05) is 23.1 Å². The molecule has 1 aromatic heterocycles. The van der Waals surface area contributed by atoms with Crippen LogP contribution in [0, 0.1) is 0 Å². The van der Waals surface area contributed by atoms with E-state index in [1.165, 1.54) is 9.47 Å². The monoisotopic (exact) mass is 454 g/mol. The summed E-state index contributed by atoms with van der Waals surface area (Å²) in [7, 11) is 0. The topological polar surface area (TPSA) is 101 Å². The van der Waals surface area contributed by atoms with Gasteiger partial charge in [-0.05, 0) is 30.5 Å². The van der Waals surface area contributed by atoms with Crippen LogP contribution in [0.5, 0.6) is 0 Å². The lowest BCUT2D eigenvalue weighted by Gasteiger charge is -2.25. The zero-order chi connectivity index (χ0) is 22.3. The first kappa shape index (κ1) is 24.0. The van der Waals surface area contributed by atoms with Crippen molar-refractivity contribution in [3.8, 4) is 0 Å². The lowest BCUT2D eigenvalue weighted by Crippen LogP contribution is -2.42. The SMILES string of the molecule is CCCCCN(C(=O)Cc1c(Cl)cccc1Cl)c1c(N)n(CCCC)c(=O)[nH]c1=O. The number of aromatic amines is 1. The number of aromatic nitrogens is 2. The van der Waals surface area contributed by atoms with E-state index in [9.17, 15) is 14.4 Å². The molecule has 1 heterocycles. The molecule has 0 aliphatic heterocycles. The molecule has 0 saturated heterocycles. The predicted octanol–water partition coefficient (Wildman–Crippen LogP) is 3.99. The van der Waals surface area contributed by atoms with Gasteiger partial charge in [-0.3, -0.25) is 19.1 Å². The minimum Gasteiger partial charge on any atom is -0.383 e. The van der Waals surface area contributed by atoms with Crippen molar-refractivity contribution in [2.75, 3.05) is 17.2 Å². The molecule has 0 bridgehead atoms. The van der Waals surface area contributed by atoms with Crippen LogP contribution in [0.1, 0.15) is 51.5 Å². The third-order valence-corrected chi connectivity index (χ3v) is 5.60. The summed E-state index contributed by atoms with van der Waals surface area (Å²) in [6, 6.07) is 5.01. The number of H-pyrrole nitrogens is 1. The Labute approximate surface area is 185 Å². The first-order valence-electron chi connectivity index (χ1n) is 10.2. The number of nitrogens with one attached hydrogen (secondary N) is 1. The van der Waals surface area contributed by atoms with Crippen molar-refractivity contribution in [1.82, 2.24) is 9.55 Å². The van der Waals surface area contributed by atoms with Crippen molar-refractivity contribution in [3.63, 3.8) is 0 Å². The number of nitrogens with zero attached hydrogens (tertiary/aromatic N) is 2. The van der Waals surface area contributed by atoms with Crippen molar-refractivity contribution in [1.29, 1.82) is 0 Å². The van der Waals surface area contributed by atoms with Gasteiger partial charge in [0.1, 0.15) is 5.82 Å². The second kappa shape index (κ2) is 11.2.